The van der Waals surface area contributed by atoms with Gasteiger partial charge in [-0.05, 0) is 42.5 Å². The predicted molar refractivity (Wildman–Crippen MR) is 101 cm³/mol. The molecule has 6 heteroatoms. The van der Waals surface area contributed by atoms with Crippen LogP contribution in [0.2, 0.25) is 0 Å². The van der Waals surface area contributed by atoms with Gasteiger partial charge < -0.3 is 19.2 Å². The number of methoxy groups -OCH3 is 1. The van der Waals surface area contributed by atoms with E-state index in [9.17, 15) is 4.79 Å². The third kappa shape index (κ3) is 4.51. The Bertz CT molecular complexity index is 761. The van der Waals surface area contributed by atoms with E-state index in [0.29, 0.717) is 18.0 Å². The van der Waals surface area contributed by atoms with Crippen LogP contribution in [-0.2, 0) is 11.3 Å². The van der Waals surface area contributed by atoms with Gasteiger partial charge in [-0.15, -0.1) is 0 Å². The number of nitrogens with one attached hydrogen (secondary N) is 1. The summed E-state index contributed by atoms with van der Waals surface area (Å²) in [5.74, 6) is 2.05. The van der Waals surface area contributed by atoms with Crippen molar-refractivity contribution < 1.29 is 18.7 Å². The van der Waals surface area contributed by atoms with Gasteiger partial charge in [-0.1, -0.05) is 12.1 Å². The van der Waals surface area contributed by atoms with Crippen LogP contribution in [0, 0.1) is 5.92 Å². The Hall–Kier alpha value is -2.31. The zero-order chi connectivity index (χ0) is 18.6. The number of hydrogen-bond acceptors (Lipinski definition) is 5. The summed E-state index contributed by atoms with van der Waals surface area (Å²) in [6.07, 6.45) is 3.85. The van der Waals surface area contributed by atoms with Gasteiger partial charge in [0.2, 0.25) is 0 Å². The minimum absolute atomic E-state index is 0.0287. The minimum atomic E-state index is -0.0836. The highest BCUT2D eigenvalue weighted by atomic mass is 16.5. The number of hydrogen-bond donors (Lipinski definition) is 1. The lowest BCUT2D eigenvalue weighted by Crippen LogP contribution is -2.35. The van der Waals surface area contributed by atoms with Gasteiger partial charge in [-0.25, -0.2) is 0 Å². The number of nitrogens with zero attached hydrogens (tertiary/aromatic N) is 1. The van der Waals surface area contributed by atoms with Crippen LogP contribution in [-0.4, -0.2) is 44.2 Å². The van der Waals surface area contributed by atoms with Gasteiger partial charge in [0.25, 0.3) is 5.91 Å². The van der Waals surface area contributed by atoms with Crippen molar-refractivity contribution >= 4 is 5.91 Å². The highest BCUT2D eigenvalue weighted by Gasteiger charge is 2.33. The molecule has 27 heavy (non-hydrogen) atoms. The van der Waals surface area contributed by atoms with Crippen molar-refractivity contribution in [2.24, 2.45) is 5.92 Å². The van der Waals surface area contributed by atoms with Gasteiger partial charge in [-0.2, -0.15) is 0 Å². The topological polar surface area (TPSA) is 63.9 Å². The summed E-state index contributed by atoms with van der Waals surface area (Å²) in [6, 6.07) is 9.82. The van der Waals surface area contributed by atoms with Crippen LogP contribution in [0.4, 0.5) is 0 Å². The summed E-state index contributed by atoms with van der Waals surface area (Å²) >= 11 is 0. The quantitative estimate of drug-likeness (QED) is 0.812. The molecule has 1 saturated heterocycles. The second-order valence-corrected chi connectivity index (χ2v) is 7.25. The van der Waals surface area contributed by atoms with Crippen LogP contribution in [0.5, 0.6) is 5.75 Å². The Morgan fingerprint density at radius 3 is 2.67 bits per heavy atom. The van der Waals surface area contributed by atoms with Crippen LogP contribution in [0.25, 0.3) is 0 Å². The summed E-state index contributed by atoms with van der Waals surface area (Å²) in [7, 11) is 1.66. The molecule has 6 nitrogen and oxygen atoms in total. The monoisotopic (exact) mass is 370 g/mol. The largest absolute Gasteiger partial charge is 0.497 e. The third-order valence-electron chi connectivity index (χ3n) is 5.25. The molecule has 1 N–H and O–H groups in total. The van der Waals surface area contributed by atoms with E-state index in [1.165, 1.54) is 0 Å². The van der Waals surface area contributed by atoms with Crippen molar-refractivity contribution in [2.45, 2.75) is 25.4 Å². The summed E-state index contributed by atoms with van der Waals surface area (Å²) < 4.78 is 16.2. The first kappa shape index (κ1) is 18.1. The summed E-state index contributed by atoms with van der Waals surface area (Å²) in [5.41, 5.74) is 1.70. The van der Waals surface area contributed by atoms with E-state index < -0.39 is 0 Å². The van der Waals surface area contributed by atoms with Gasteiger partial charge in [0, 0.05) is 13.1 Å². The van der Waals surface area contributed by atoms with Crippen LogP contribution < -0.4 is 10.1 Å². The lowest BCUT2D eigenvalue weighted by molar-refractivity contribution is 0.0313. The maximum atomic E-state index is 12.8. The molecule has 1 aromatic heterocycles. The lowest BCUT2D eigenvalue weighted by atomic mass is 10.0. The van der Waals surface area contributed by atoms with Crippen molar-refractivity contribution in [3.05, 3.63) is 53.5 Å². The standard InChI is InChI=1S/C21H26N2O4/c1-25-18-6-4-16(5-7-18)20(15-2-3-15)22-21(24)17-12-19(27-14-17)13-23-8-10-26-11-9-23/h4-7,12,14-15,20H,2-3,8-11,13H2,1H3,(H,22,24)/t20-/m1/s1. The third-order valence-corrected chi connectivity index (χ3v) is 5.25. The predicted octanol–water partition coefficient (Wildman–Crippen LogP) is 3.00. The van der Waals surface area contributed by atoms with Crippen LogP contribution in [0.3, 0.4) is 0 Å². The molecular formula is C21H26N2O4. The first-order chi connectivity index (χ1) is 13.2. The average molecular weight is 370 g/mol. The average Bonchev–Trinajstić information content (AvgIpc) is 3.45. The van der Waals surface area contributed by atoms with Crippen molar-refractivity contribution in [3.63, 3.8) is 0 Å². The van der Waals surface area contributed by atoms with E-state index in [2.05, 4.69) is 10.2 Å². The number of amides is 1. The van der Waals surface area contributed by atoms with E-state index >= 15 is 0 Å². The smallest absolute Gasteiger partial charge is 0.255 e. The summed E-state index contributed by atoms with van der Waals surface area (Å²) in [5, 5.41) is 3.19. The Balaban J connectivity index is 1.40. The van der Waals surface area contributed by atoms with Crippen molar-refractivity contribution in [1.82, 2.24) is 10.2 Å². The fourth-order valence-electron chi connectivity index (χ4n) is 3.50. The molecule has 1 amide bonds. The van der Waals surface area contributed by atoms with E-state index in [-0.39, 0.29) is 11.9 Å². The van der Waals surface area contributed by atoms with Gasteiger partial charge in [-0.3, -0.25) is 9.69 Å². The number of furan rings is 1. The fraction of sp³-hybridized carbons (Fsp3) is 0.476. The van der Waals surface area contributed by atoms with E-state index in [1.54, 1.807) is 13.4 Å². The highest BCUT2D eigenvalue weighted by molar-refractivity contribution is 5.94. The molecule has 0 bridgehead atoms. The molecule has 2 aromatic rings. The summed E-state index contributed by atoms with van der Waals surface area (Å²) in [6.45, 7) is 3.99. The first-order valence-electron chi connectivity index (χ1n) is 9.55. The molecule has 0 spiro atoms. The number of morpholine rings is 1. The second kappa shape index (κ2) is 8.15. The van der Waals surface area contributed by atoms with Crippen LogP contribution in [0.15, 0.2) is 41.0 Å². The molecule has 2 aliphatic rings. The van der Waals surface area contributed by atoms with Gasteiger partial charge in [0.1, 0.15) is 17.8 Å². The maximum Gasteiger partial charge on any atom is 0.255 e. The first-order valence-corrected chi connectivity index (χ1v) is 9.55. The molecule has 144 valence electrons. The molecule has 2 fully saturated rings. The molecule has 0 unspecified atom stereocenters. The number of rotatable bonds is 7. The van der Waals surface area contributed by atoms with E-state index in [0.717, 1.165) is 56.2 Å². The Morgan fingerprint density at radius 1 is 1.26 bits per heavy atom. The highest BCUT2D eigenvalue weighted by Crippen LogP contribution is 2.41. The van der Waals surface area contributed by atoms with Crippen LogP contribution in [0.1, 0.15) is 40.6 Å². The maximum absolute atomic E-state index is 12.8. The van der Waals surface area contributed by atoms with Crippen molar-refractivity contribution in [2.75, 3.05) is 33.4 Å². The molecule has 2 heterocycles. The van der Waals surface area contributed by atoms with Gasteiger partial charge >= 0.3 is 0 Å². The van der Waals surface area contributed by atoms with Crippen molar-refractivity contribution in [1.29, 1.82) is 0 Å². The second-order valence-electron chi connectivity index (χ2n) is 7.25. The lowest BCUT2D eigenvalue weighted by Gasteiger charge is -2.25. The van der Waals surface area contributed by atoms with Crippen LogP contribution >= 0.6 is 0 Å². The van der Waals surface area contributed by atoms with E-state index in [4.69, 9.17) is 13.9 Å². The number of benzene rings is 1. The minimum Gasteiger partial charge on any atom is -0.497 e. The number of carbonyl (C=O) groups excluding carboxylic acids is 1. The normalized spacial score (nSPS) is 18.9. The Morgan fingerprint density at radius 2 is 2.00 bits per heavy atom. The molecule has 1 aromatic carbocycles. The molecule has 1 atom stereocenters. The Kier molecular flexibility index (Phi) is 5.45. The summed E-state index contributed by atoms with van der Waals surface area (Å²) in [4.78, 5) is 15.0. The number of ether oxygens (including phenoxy) is 2. The molecule has 0 radical (unpaired) electrons. The zero-order valence-electron chi connectivity index (χ0n) is 15.6. The van der Waals surface area contributed by atoms with Gasteiger partial charge in [0.05, 0.1) is 38.5 Å². The molecule has 1 aliphatic carbocycles. The van der Waals surface area contributed by atoms with Gasteiger partial charge in [0.15, 0.2) is 0 Å². The molecule has 4 rings (SSSR count). The van der Waals surface area contributed by atoms with Crippen molar-refractivity contribution in [3.8, 4) is 5.75 Å². The zero-order valence-corrected chi connectivity index (χ0v) is 15.6. The SMILES string of the molecule is COc1ccc([C@H](NC(=O)c2coc(CN3CCOCC3)c2)C2CC2)cc1. The molecule has 1 saturated carbocycles. The molecular weight excluding hydrogens is 344 g/mol. The molecule has 1 aliphatic heterocycles. The fourth-order valence-corrected chi connectivity index (χ4v) is 3.50. The van der Waals surface area contributed by atoms with E-state index in [1.807, 2.05) is 30.3 Å². The number of carbonyl (C=O) groups is 1. The Labute approximate surface area is 159 Å².